The molecule has 0 spiro atoms. The molecular weight excluding hydrogens is 111 g/mol. The molecular formula is C5H7FO2. The molecule has 0 aromatic heterocycles. The van der Waals surface area contributed by atoms with Crippen LogP contribution in [0.3, 0.4) is 0 Å². The highest BCUT2D eigenvalue weighted by Crippen LogP contribution is 2.34. The van der Waals surface area contributed by atoms with Crippen LogP contribution in [-0.4, -0.2) is 19.3 Å². The molecule has 1 aliphatic rings. The Morgan fingerprint density at radius 3 is 2.50 bits per heavy atom. The molecule has 0 aromatic carbocycles. The Morgan fingerprint density at radius 1 is 1.88 bits per heavy atom. The summed E-state index contributed by atoms with van der Waals surface area (Å²) in [7, 11) is 1.27. The van der Waals surface area contributed by atoms with Crippen LogP contribution in [-0.2, 0) is 9.53 Å². The van der Waals surface area contributed by atoms with E-state index < -0.39 is 18.1 Å². The van der Waals surface area contributed by atoms with Crippen molar-refractivity contribution >= 4 is 5.97 Å². The normalized spacial score (nSPS) is 34.2. The number of hydrogen-bond donors (Lipinski definition) is 0. The fourth-order valence-corrected chi connectivity index (χ4v) is 0.559. The van der Waals surface area contributed by atoms with E-state index in [1.165, 1.54) is 7.11 Å². The van der Waals surface area contributed by atoms with Crippen molar-refractivity contribution in [3.63, 3.8) is 0 Å². The molecule has 46 valence electrons. The second-order valence-corrected chi connectivity index (χ2v) is 1.88. The number of carbonyl (C=O) groups excluding carboxylic acids is 1. The maximum Gasteiger partial charge on any atom is 0.311 e. The number of rotatable bonds is 1. The van der Waals surface area contributed by atoms with Crippen LogP contribution in [0.5, 0.6) is 0 Å². The topological polar surface area (TPSA) is 26.3 Å². The Labute approximate surface area is 46.6 Å². The minimum Gasteiger partial charge on any atom is -0.469 e. The van der Waals surface area contributed by atoms with Gasteiger partial charge in [-0.1, -0.05) is 0 Å². The average molecular weight is 118 g/mol. The lowest BCUT2D eigenvalue weighted by molar-refractivity contribution is -0.142. The van der Waals surface area contributed by atoms with E-state index in [4.69, 9.17) is 0 Å². The lowest BCUT2D eigenvalue weighted by atomic mass is 10.4. The highest BCUT2D eigenvalue weighted by atomic mass is 19.1. The monoisotopic (exact) mass is 118 g/mol. The van der Waals surface area contributed by atoms with Crippen molar-refractivity contribution in [2.45, 2.75) is 12.6 Å². The molecule has 8 heavy (non-hydrogen) atoms. The van der Waals surface area contributed by atoms with Gasteiger partial charge in [0.15, 0.2) is 0 Å². The number of halogens is 1. The van der Waals surface area contributed by atoms with Crippen molar-refractivity contribution in [2.75, 3.05) is 7.11 Å². The fraction of sp³-hybridized carbons (Fsp3) is 0.800. The molecule has 3 heteroatoms. The first-order chi connectivity index (χ1) is 3.75. The second-order valence-electron chi connectivity index (χ2n) is 1.88. The average Bonchev–Trinajstić information content (AvgIpc) is 2.45. The zero-order chi connectivity index (χ0) is 6.15. The van der Waals surface area contributed by atoms with E-state index in [1.54, 1.807) is 0 Å². The maximum atomic E-state index is 11.9. The third kappa shape index (κ3) is 0.804. The van der Waals surface area contributed by atoms with Crippen molar-refractivity contribution in [1.29, 1.82) is 0 Å². The molecule has 0 aliphatic heterocycles. The summed E-state index contributed by atoms with van der Waals surface area (Å²) in [6, 6.07) is 0. The first-order valence-electron chi connectivity index (χ1n) is 2.47. The Hall–Kier alpha value is -0.600. The van der Waals surface area contributed by atoms with Crippen LogP contribution in [0.4, 0.5) is 4.39 Å². The molecule has 0 unspecified atom stereocenters. The van der Waals surface area contributed by atoms with E-state index in [2.05, 4.69) is 4.74 Å². The van der Waals surface area contributed by atoms with Gasteiger partial charge in [0.05, 0.1) is 13.0 Å². The summed E-state index contributed by atoms with van der Waals surface area (Å²) in [5, 5.41) is 0. The number of ether oxygens (including phenoxy) is 1. The van der Waals surface area contributed by atoms with Crippen LogP contribution < -0.4 is 0 Å². The van der Waals surface area contributed by atoms with Gasteiger partial charge in [-0.15, -0.1) is 0 Å². The lowest BCUT2D eigenvalue weighted by Gasteiger charge is -1.90. The second kappa shape index (κ2) is 1.73. The van der Waals surface area contributed by atoms with Gasteiger partial charge in [0.2, 0.25) is 0 Å². The SMILES string of the molecule is COC(=O)[C@H]1C[C@H]1F. The predicted octanol–water partition coefficient (Wildman–Crippen LogP) is 0.517. The molecule has 0 bridgehead atoms. The number of alkyl halides is 1. The smallest absolute Gasteiger partial charge is 0.311 e. The summed E-state index contributed by atoms with van der Waals surface area (Å²) >= 11 is 0. The van der Waals surface area contributed by atoms with Crippen molar-refractivity contribution in [3.8, 4) is 0 Å². The Bertz CT molecular complexity index is 113. The molecule has 0 saturated heterocycles. The van der Waals surface area contributed by atoms with Gasteiger partial charge < -0.3 is 4.74 Å². The third-order valence-corrected chi connectivity index (χ3v) is 1.22. The highest BCUT2D eigenvalue weighted by Gasteiger charge is 2.44. The molecule has 0 heterocycles. The van der Waals surface area contributed by atoms with Crippen LogP contribution in [0.25, 0.3) is 0 Å². The summed E-state index contributed by atoms with van der Waals surface area (Å²) in [4.78, 5) is 10.3. The Kier molecular flexibility index (Phi) is 1.19. The largest absolute Gasteiger partial charge is 0.469 e. The van der Waals surface area contributed by atoms with E-state index in [9.17, 15) is 9.18 Å². The standard InChI is InChI=1S/C5H7FO2/c1-8-5(7)3-2-4(3)6/h3-4H,2H2,1H3/t3-,4+/m0/s1. The van der Waals surface area contributed by atoms with Gasteiger partial charge in [-0.3, -0.25) is 4.79 Å². The third-order valence-electron chi connectivity index (χ3n) is 1.22. The molecule has 2 atom stereocenters. The lowest BCUT2D eigenvalue weighted by Crippen LogP contribution is -2.03. The van der Waals surface area contributed by atoms with Crippen LogP contribution in [0.2, 0.25) is 0 Å². The van der Waals surface area contributed by atoms with E-state index in [-0.39, 0.29) is 0 Å². The van der Waals surface area contributed by atoms with Crippen molar-refractivity contribution in [3.05, 3.63) is 0 Å². The molecule has 0 radical (unpaired) electrons. The van der Waals surface area contributed by atoms with Gasteiger partial charge in [0, 0.05) is 0 Å². The van der Waals surface area contributed by atoms with Gasteiger partial charge in [-0.05, 0) is 6.42 Å². The number of hydrogen-bond acceptors (Lipinski definition) is 2. The van der Waals surface area contributed by atoms with Crippen molar-refractivity contribution in [2.24, 2.45) is 5.92 Å². The van der Waals surface area contributed by atoms with Gasteiger partial charge in [0.1, 0.15) is 6.17 Å². The molecule has 1 fully saturated rings. The van der Waals surface area contributed by atoms with E-state index in [0.717, 1.165) is 0 Å². The summed E-state index contributed by atoms with van der Waals surface area (Å²) in [6.45, 7) is 0. The minimum atomic E-state index is -0.928. The Morgan fingerprint density at radius 2 is 2.38 bits per heavy atom. The molecule has 1 rings (SSSR count). The molecule has 0 aromatic rings. The Balaban J connectivity index is 2.28. The molecule has 1 saturated carbocycles. The van der Waals surface area contributed by atoms with Crippen LogP contribution in [0.1, 0.15) is 6.42 Å². The molecule has 0 N–H and O–H groups in total. The van der Waals surface area contributed by atoms with E-state index in [1.807, 2.05) is 0 Å². The van der Waals surface area contributed by atoms with Gasteiger partial charge in [-0.2, -0.15) is 0 Å². The van der Waals surface area contributed by atoms with E-state index in [0.29, 0.717) is 6.42 Å². The van der Waals surface area contributed by atoms with Crippen LogP contribution in [0, 0.1) is 5.92 Å². The number of esters is 1. The van der Waals surface area contributed by atoms with Crippen molar-refractivity contribution in [1.82, 2.24) is 0 Å². The zero-order valence-electron chi connectivity index (χ0n) is 4.56. The minimum absolute atomic E-state index is 0.354. The molecule has 0 amide bonds. The van der Waals surface area contributed by atoms with Crippen molar-refractivity contribution < 1.29 is 13.9 Å². The molecule has 2 nitrogen and oxygen atoms in total. The summed E-state index contributed by atoms with van der Waals surface area (Å²) in [5.41, 5.74) is 0. The molecule has 1 aliphatic carbocycles. The maximum absolute atomic E-state index is 11.9. The number of methoxy groups -OCH3 is 1. The van der Waals surface area contributed by atoms with Crippen LogP contribution in [0.15, 0.2) is 0 Å². The highest BCUT2D eigenvalue weighted by molar-refractivity contribution is 5.76. The van der Waals surface area contributed by atoms with Gasteiger partial charge >= 0.3 is 5.97 Å². The first kappa shape index (κ1) is 5.54. The van der Waals surface area contributed by atoms with Gasteiger partial charge in [-0.25, -0.2) is 4.39 Å². The first-order valence-corrected chi connectivity index (χ1v) is 2.47. The van der Waals surface area contributed by atoms with Gasteiger partial charge in [0.25, 0.3) is 0 Å². The van der Waals surface area contributed by atoms with Crippen LogP contribution >= 0.6 is 0 Å². The summed E-state index contributed by atoms with van der Waals surface area (Å²) in [6.07, 6.45) is -0.574. The zero-order valence-corrected chi connectivity index (χ0v) is 4.56. The summed E-state index contributed by atoms with van der Waals surface area (Å²) < 4.78 is 16.2. The summed E-state index contributed by atoms with van der Waals surface area (Å²) in [5.74, 6) is -0.863. The predicted molar refractivity (Wildman–Crippen MR) is 25.0 cm³/mol. The van der Waals surface area contributed by atoms with E-state index >= 15 is 0 Å². The quantitative estimate of drug-likeness (QED) is 0.469. The number of carbonyl (C=O) groups is 1. The fourth-order valence-electron chi connectivity index (χ4n) is 0.559.